The molecule has 1 nitrogen and oxygen atoms in total. The molecule has 1 heteroatoms. The van der Waals surface area contributed by atoms with Gasteiger partial charge in [0.2, 0.25) is 0 Å². The van der Waals surface area contributed by atoms with Crippen molar-refractivity contribution in [1.29, 1.82) is 0 Å². The lowest BCUT2D eigenvalue weighted by molar-refractivity contribution is 0.724. The molecule has 2 N–H and O–H groups in total. The number of nitrogen functional groups attached to an aromatic ring is 1. The highest BCUT2D eigenvalue weighted by atomic mass is 14.5. The van der Waals surface area contributed by atoms with E-state index in [1.165, 1.54) is 36.8 Å². The van der Waals surface area contributed by atoms with Crippen LogP contribution in [0.1, 0.15) is 49.3 Å². The van der Waals surface area contributed by atoms with Crippen molar-refractivity contribution in [2.45, 2.75) is 45.4 Å². The lowest BCUT2D eigenvalue weighted by Gasteiger charge is -2.15. The van der Waals surface area contributed by atoms with Gasteiger partial charge in [0.25, 0.3) is 0 Å². The number of benzene rings is 1. The molecule has 0 amide bonds. The average Bonchev–Trinajstić information content (AvgIpc) is 2.62. The van der Waals surface area contributed by atoms with Crippen molar-refractivity contribution in [3.8, 4) is 0 Å². The molecule has 1 aromatic rings. The second kappa shape index (κ2) is 3.64. The van der Waals surface area contributed by atoms with E-state index in [9.17, 15) is 0 Å². The van der Waals surface area contributed by atoms with Crippen molar-refractivity contribution >= 4 is 5.69 Å². The number of rotatable bonds is 2. The van der Waals surface area contributed by atoms with Crippen molar-refractivity contribution in [2.75, 3.05) is 5.73 Å². The van der Waals surface area contributed by atoms with Crippen LogP contribution in [0.15, 0.2) is 12.1 Å². The zero-order valence-corrected chi connectivity index (χ0v) is 9.14. The summed E-state index contributed by atoms with van der Waals surface area (Å²) in [5.74, 6) is 0.658. The fraction of sp³-hybridized carbons (Fsp3) is 0.538. The first-order valence-corrected chi connectivity index (χ1v) is 5.63. The minimum Gasteiger partial charge on any atom is -0.399 e. The van der Waals surface area contributed by atoms with Crippen LogP contribution in [0.3, 0.4) is 0 Å². The van der Waals surface area contributed by atoms with Gasteiger partial charge in [0.1, 0.15) is 0 Å². The zero-order chi connectivity index (χ0) is 10.1. The van der Waals surface area contributed by atoms with Crippen molar-refractivity contribution in [3.05, 3.63) is 28.8 Å². The first-order chi connectivity index (χ1) is 6.72. The number of anilines is 1. The van der Waals surface area contributed by atoms with E-state index in [1.807, 2.05) is 0 Å². The van der Waals surface area contributed by atoms with E-state index in [0.29, 0.717) is 5.92 Å². The van der Waals surface area contributed by atoms with E-state index in [4.69, 9.17) is 5.73 Å². The van der Waals surface area contributed by atoms with Crippen LogP contribution in [0.25, 0.3) is 0 Å². The zero-order valence-electron chi connectivity index (χ0n) is 9.14. The van der Waals surface area contributed by atoms with Gasteiger partial charge in [-0.3, -0.25) is 0 Å². The molecule has 1 aliphatic carbocycles. The lowest BCUT2D eigenvalue weighted by Crippen LogP contribution is -2.00. The van der Waals surface area contributed by atoms with Crippen molar-refractivity contribution in [2.24, 2.45) is 0 Å². The van der Waals surface area contributed by atoms with Crippen LogP contribution in [0.5, 0.6) is 0 Å². The Morgan fingerprint density at radius 2 is 2.14 bits per heavy atom. The highest BCUT2D eigenvalue weighted by Gasteiger charge is 2.18. The highest BCUT2D eigenvalue weighted by molar-refractivity contribution is 5.52. The fourth-order valence-corrected chi connectivity index (χ4v) is 2.43. The molecule has 0 spiro atoms. The SMILES string of the molecule is CCC(C)c1cc(N)cc2c1CCC2. The summed E-state index contributed by atoms with van der Waals surface area (Å²) in [5, 5.41) is 0. The molecule has 0 bridgehead atoms. The van der Waals surface area contributed by atoms with Crippen molar-refractivity contribution < 1.29 is 0 Å². The van der Waals surface area contributed by atoms with Gasteiger partial charge >= 0.3 is 0 Å². The first-order valence-electron chi connectivity index (χ1n) is 5.63. The molecule has 0 fully saturated rings. The predicted molar refractivity (Wildman–Crippen MR) is 61.6 cm³/mol. The Kier molecular flexibility index (Phi) is 2.49. The summed E-state index contributed by atoms with van der Waals surface area (Å²) in [5.41, 5.74) is 11.5. The maximum atomic E-state index is 5.92. The Morgan fingerprint density at radius 3 is 2.86 bits per heavy atom. The van der Waals surface area contributed by atoms with Gasteiger partial charge in [-0.2, -0.15) is 0 Å². The molecular weight excluding hydrogens is 170 g/mol. The minimum absolute atomic E-state index is 0.658. The summed E-state index contributed by atoms with van der Waals surface area (Å²) >= 11 is 0. The Morgan fingerprint density at radius 1 is 1.36 bits per heavy atom. The molecule has 1 atom stereocenters. The topological polar surface area (TPSA) is 26.0 Å². The van der Waals surface area contributed by atoms with Gasteiger partial charge in [-0.15, -0.1) is 0 Å². The molecule has 76 valence electrons. The third kappa shape index (κ3) is 1.52. The molecule has 1 aliphatic rings. The molecule has 0 saturated heterocycles. The van der Waals surface area contributed by atoms with Gasteiger partial charge < -0.3 is 5.73 Å². The van der Waals surface area contributed by atoms with Gasteiger partial charge in [-0.05, 0) is 60.4 Å². The van der Waals surface area contributed by atoms with Gasteiger partial charge in [-0.25, -0.2) is 0 Å². The third-order valence-corrected chi connectivity index (χ3v) is 3.42. The van der Waals surface area contributed by atoms with Crippen LogP contribution >= 0.6 is 0 Å². The molecule has 1 unspecified atom stereocenters. The van der Waals surface area contributed by atoms with E-state index >= 15 is 0 Å². The largest absolute Gasteiger partial charge is 0.399 e. The summed E-state index contributed by atoms with van der Waals surface area (Å²) in [7, 11) is 0. The molecule has 0 saturated carbocycles. The second-order valence-electron chi connectivity index (χ2n) is 4.41. The number of aryl methyl sites for hydroxylation is 1. The van der Waals surface area contributed by atoms with Gasteiger partial charge in [0, 0.05) is 5.69 Å². The Balaban J connectivity index is 2.48. The predicted octanol–water partition coefficient (Wildman–Crippen LogP) is 3.27. The second-order valence-corrected chi connectivity index (χ2v) is 4.41. The fourth-order valence-electron chi connectivity index (χ4n) is 2.43. The molecule has 0 aromatic heterocycles. The van der Waals surface area contributed by atoms with Crippen LogP contribution in [-0.4, -0.2) is 0 Å². The monoisotopic (exact) mass is 189 g/mol. The van der Waals surface area contributed by atoms with Gasteiger partial charge in [0.05, 0.1) is 0 Å². The highest BCUT2D eigenvalue weighted by Crippen LogP contribution is 2.33. The summed E-state index contributed by atoms with van der Waals surface area (Å²) in [6.07, 6.45) is 5.00. The summed E-state index contributed by atoms with van der Waals surface area (Å²) in [6.45, 7) is 4.54. The summed E-state index contributed by atoms with van der Waals surface area (Å²) in [6, 6.07) is 4.34. The van der Waals surface area contributed by atoms with Crippen LogP contribution in [0, 0.1) is 0 Å². The smallest absolute Gasteiger partial charge is 0.0319 e. The number of hydrogen-bond acceptors (Lipinski definition) is 1. The van der Waals surface area contributed by atoms with E-state index in [-0.39, 0.29) is 0 Å². The van der Waals surface area contributed by atoms with E-state index in [0.717, 1.165) is 5.69 Å². The lowest BCUT2D eigenvalue weighted by atomic mass is 9.91. The Bertz CT molecular complexity index is 341. The molecule has 0 aliphatic heterocycles. The number of hydrogen-bond donors (Lipinski definition) is 1. The first kappa shape index (κ1) is 9.57. The van der Waals surface area contributed by atoms with Crippen LogP contribution in [0.4, 0.5) is 5.69 Å². The average molecular weight is 189 g/mol. The molecule has 14 heavy (non-hydrogen) atoms. The number of fused-ring (bicyclic) bond motifs is 1. The van der Waals surface area contributed by atoms with Crippen LogP contribution in [-0.2, 0) is 12.8 Å². The third-order valence-electron chi connectivity index (χ3n) is 3.42. The maximum Gasteiger partial charge on any atom is 0.0319 e. The molecular formula is C13H19N. The standard InChI is InChI=1S/C13H19N/c1-3-9(2)13-8-11(14)7-10-5-4-6-12(10)13/h7-9H,3-6,14H2,1-2H3. The minimum atomic E-state index is 0.658. The van der Waals surface area contributed by atoms with E-state index < -0.39 is 0 Å². The quantitative estimate of drug-likeness (QED) is 0.710. The number of nitrogens with two attached hydrogens (primary N) is 1. The summed E-state index contributed by atoms with van der Waals surface area (Å²) in [4.78, 5) is 0. The maximum absolute atomic E-state index is 5.92. The van der Waals surface area contributed by atoms with E-state index in [2.05, 4.69) is 26.0 Å². The van der Waals surface area contributed by atoms with E-state index in [1.54, 1.807) is 5.56 Å². The molecule has 2 rings (SSSR count). The van der Waals surface area contributed by atoms with Crippen LogP contribution < -0.4 is 5.73 Å². The van der Waals surface area contributed by atoms with Crippen LogP contribution in [0.2, 0.25) is 0 Å². The normalized spacial score (nSPS) is 16.7. The molecule has 1 aromatic carbocycles. The molecule has 0 radical (unpaired) electrons. The Hall–Kier alpha value is -0.980. The summed E-state index contributed by atoms with van der Waals surface area (Å²) < 4.78 is 0. The van der Waals surface area contributed by atoms with Gasteiger partial charge in [0.15, 0.2) is 0 Å². The van der Waals surface area contributed by atoms with Gasteiger partial charge in [-0.1, -0.05) is 13.8 Å². The van der Waals surface area contributed by atoms with Crippen molar-refractivity contribution in [3.63, 3.8) is 0 Å². The Labute approximate surface area is 86.3 Å². The molecule has 0 heterocycles. The van der Waals surface area contributed by atoms with Crippen molar-refractivity contribution in [1.82, 2.24) is 0 Å².